The summed E-state index contributed by atoms with van der Waals surface area (Å²) in [5.41, 5.74) is 2.89. The first-order valence-corrected chi connectivity index (χ1v) is 11.7. The third-order valence-corrected chi connectivity index (χ3v) is 7.68. The number of rotatable bonds is 3. The molecule has 1 amide bonds. The fourth-order valence-corrected chi connectivity index (χ4v) is 6.01. The molecule has 0 bridgehead atoms. The lowest BCUT2D eigenvalue weighted by molar-refractivity contribution is -0.122. The van der Waals surface area contributed by atoms with E-state index in [0.717, 1.165) is 26.9 Å². The van der Waals surface area contributed by atoms with E-state index in [2.05, 4.69) is 17.0 Å². The molecule has 1 fully saturated rings. The maximum atomic E-state index is 13.6. The van der Waals surface area contributed by atoms with E-state index < -0.39 is 0 Å². The number of para-hydroxylation sites is 1. The Morgan fingerprint density at radius 2 is 1.71 bits per heavy atom. The molecule has 0 spiro atoms. The predicted molar refractivity (Wildman–Crippen MR) is 131 cm³/mol. The van der Waals surface area contributed by atoms with Gasteiger partial charge in [-0.2, -0.15) is 0 Å². The summed E-state index contributed by atoms with van der Waals surface area (Å²) in [6.07, 6.45) is 0. The van der Waals surface area contributed by atoms with Crippen LogP contribution in [0, 0.1) is 0 Å². The highest BCUT2D eigenvalue weighted by atomic mass is 35.5. The summed E-state index contributed by atoms with van der Waals surface area (Å²) >= 11 is 9.20. The van der Waals surface area contributed by atoms with Crippen molar-refractivity contribution in [2.24, 2.45) is 4.99 Å². The Morgan fingerprint density at radius 3 is 2.48 bits per heavy atom. The van der Waals surface area contributed by atoms with Gasteiger partial charge in [-0.15, -0.1) is 0 Å². The van der Waals surface area contributed by atoms with Crippen molar-refractivity contribution in [1.29, 1.82) is 0 Å². The molecular weight excluding hydrogens is 446 g/mol. The average Bonchev–Trinajstić information content (AvgIpc) is 3.26. The van der Waals surface area contributed by atoms with E-state index >= 15 is 0 Å². The zero-order valence-corrected chi connectivity index (χ0v) is 19.0. The largest absolute Gasteiger partial charge is 0.337 e. The lowest BCUT2D eigenvalue weighted by atomic mass is 10.2. The minimum absolute atomic E-state index is 0.0308. The van der Waals surface area contributed by atoms with Crippen LogP contribution in [0.4, 0.5) is 11.4 Å². The molecular formula is C24H18ClN3OS2. The minimum atomic E-state index is -0.0308. The Bertz CT molecular complexity index is 1230. The second kappa shape index (κ2) is 8.46. The van der Waals surface area contributed by atoms with Gasteiger partial charge in [0.15, 0.2) is 5.17 Å². The number of fused-ring (bicyclic) bond motifs is 1. The van der Waals surface area contributed by atoms with Crippen molar-refractivity contribution >= 4 is 57.6 Å². The molecule has 7 heteroatoms. The lowest BCUT2D eigenvalue weighted by Crippen LogP contribution is -2.29. The van der Waals surface area contributed by atoms with Gasteiger partial charge in [-0.1, -0.05) is 71.9 Å². The molecule has 0 saturated carbocycles. The molecule has 2 aliphatic rings. The Hall–Kier alpha value is -2.67. The first-order chi connectivity index (χ1) is 15.1. The van der Waals surface area contributed by atoms with E-state index in [-0.39, 0.29) is 5.91 Å². The molecule has 2 heterocycles. The van der Waals surface area contributed by atoms with Gasteiger partial charge < -0.3 is 4.90 Å². The van der Waals surface area contributed by atoms with E-state index in [0.29, 0.717) is 21.6 Å². The van der Waals surface area contributed by atoms with Crippen LogP contribution in [0.15, 0.2) is 98.7 Å². The van der Waals surface area contributed by atoms with Crippen molar-refractivity contribution in [1.82, 2.24) is 4.90 Å². The van der Waals surface area contributed by atoms with Crippen LogP contribution in [0.25, 0.3) is 0 Å². The Labute approximate surface area is 194 Å². The summed E-state index contributed by atoms with van der Waals surface area (Å²) in [6.45, 7) is 0.462. The van der Waals surface area contributed by atoms with Crippen molar-refractivity contribution in [2.75, 3.05) is 11.9 Å². The number of nitrogens with zero attached hydrogens (tertiary/aromatic N) is 3. The Balaban J connectivity index is 1.56. The smallest absolute Gasteiger partial charge is 0.269 e. The summed E-state index contributed by atoms with van der Waals surface area (Å²) in [5.74, 6) is -0.0308. The third kappa shape index (κ3) is 3.99. The predicted octanol–water partition coefficient (Wildman–Crippen LogP) is 6.51. The van der Waals surface area contributed by atoms with Crippen LogP contribution in [0.2, 0.25) is 5.02 Å². The molecule has 0 aromatic heterocycles. The van der Waals surface area contributed by atoms with Crippen LogP contribution in [-0.2, 0) is 11.3 Å². The highest BCUT2D eigenvalue weighted by Crippen LogP contribution is 2.50. The normalized spacial score (nSPS) is 19.4. The fraction of sp³-hybridized carbons (Fsp3) is 0.0833. The maximum Gasteiger partial charge on any atom is 0.269 e. The number of hydrogen-bond acceptors (Lipinski definition) is 5. The number of carbonyl (C=O) groups is 1. The number of aliphatic imine (C=N–C) groups is 1. The zero-order valence-electron chi connectivity index (χ0n) is 16.7. The summed E-state index contributed by atoms with van der Waals surface area (Å²) < 4.78 is 0. The van der Waals surface area contributed by atoms with Gasteiger partial charge in [0.25, 0.3) is 5.91 Å². The summed E-state index contributed by atoms with van der Waals surface area (Å²) in [5, 5.41) is 2.21. The second-order valence-electron chi connectivity index (χ2n) is 7.12. The van der Waals surface area contributed by atoms with Gasteiger partial charge >= 0.3 is 0 Å². The molecule has 0 atom stereocenters. The molecule has 5 rings (SSSR count). The van der Waals surface area contributed by atoms with Crippen LogP contribution in [0.5, 0.6) is 0 Å². The highest BCUT2D eigenvalue weighted by Gasteiger charge is 2.39. The van der Waals surface area contributed by atoms with Crippen molar-refractivity contribution < 1.29 is 4.79 Å². The van der Waals surface area contributed by atoms with Crippen molar-refractivity contribution in [3.63, 3.8) is 0 Å². The molecule has 2 aliphatic heterocycles. The summed E-state index contributed by atoms with van der Waals surface area (Å²) in [4.78, 5) is 24.0. The van der Waals surface area contributed by atoms with Crippen LogP contribution < -0.4 is 4.90 Å². The molecule has 0 N–H and O–H groups in total. The number of halogens is 1. The van der Waals surface area contributed by atoms with Crippen LogP contribution in [0.1, 0.15) is 5.56 Å². The minimum Gasteiger partial charge on any atom is -0.337 e. The van der Waals surface area contributed by atoms with Crippen molar-refractivity contribution in [2.45, 2.75) is 11.4 Å². The second-order valence-corrected chi connectivity index (χ2v) is 9.56. The molecule has 3 aromatic rings. The molecule has 3 aromatic carbocycles. The molecule has 1 saturated heterocycles. The number of carbonyl (C=O) groups excluding carboxylic acids is 1. The van der Waals surface area contributed by atoms with Gasteiger partial charge in [-0.3, -0.25) is 9.69 Å². The van der Waals surface area contributed by atoms with E-state index in [4.69, 9.17) is 16.6 Å². The Morgan fingerprint density at radius 1 is 0.935 bits per heavy atom. The number of thioether (sulfide) groups is 2. The van der Waals surface area contributed by atoms with Crippen LogP contribution in [-0.4, -0.2) is 23.0 Å². The monoisotopic (exact) mass is 463 g/mol. The van der Waals surface area contributed by atoms with Gasteiger partial charge in [-0.05, 0) is 47.7 Å². The van der Waals surface area contributed by atoms with Crippen LogP contribution in [0.3, 0.4) is 0 Å². The fourth-order valence-electron chi connectivity index (χ4n) is 3.48. The maximum absolute atomic E-state index is 13.6. The molecule has 31 heavy (non-hydrogen) atoms. The molecule has 0 aliphatic carbocycles. The summed E-state index contributed by atoms with van der Waals surface area (Å²) in [7, 11) is 2.00. The summed E-state index contributed by atoms with van der Waals surface area (Å²) in [6, 6.07) is 25.5. The number of amidine groups is 1. The first kappa shape index (κ1) is 20.2. The number of amides is 1. The lowest BCUT2D eigenvalue weighted by Gasteiger charge is -2.16. The quantitative estimate of drug-likeness (QED) is 0.414. The highest BCUT2D eigenvalue weighted by molar-refractivity contribution is 8.19. The van der Waals surface area contributed by atoms with E-state index in [1.165, 1.54) is 11.8 Å². The van der Waals surface area contributed by atoms with E-state index in [9.17, 15) is 4.79 Å². The third-order valence-electron chi connectivity index (χ3n) is 5.01. The number of anilines is 1. The van der Waals surface area contributed by atoms with Gasteiger partial charge in [0, 0.05) is 17.0 Å². The standard InChI is InChI=1S/C24H18ClN3OS2/c1-27-19-12-5-6-13-20(19)30-23(27)21-22(29)28(15-16-8-3-2-4-9-16)24(31-21)26-18-11-7-10-17(25)14-18/h2-14H,15H2,1H3. The van der Waals surface area contributed by atoms with Gasteiger partial charge in [0.2, 0.25) is 0 Å². The van der Waals surface area contributed by atoms with Gasteiger partial charge in [0.1, 0.15) is 4.91 Å². The average molecular weight is 464 g/mol. The number of hydrogen-bond donors (Lipinski definition) is 0. The molecule has 0 unspecified atom stereocenters. The molecule has 154 valence electrons. The van der Waals surface area contributed by atoms with Crippen molar-refractivity contribution in [3.8, 4) is 0 Å². The molecule has 0 radical (unpaired) electrons. The topological polar surface area (TPSA) is 35.9 Å². The SMILES string of the molecule is CN1C(=C2SC(=Nc3cccc(Cl)c3)N(Cc3ccccc3)C2=O)Sc2ccccc21. The number of benzene rings is 3. The Kier molecular flexibility index (Phi) is 5.52. The first-order valence-electron chi connectivity index (χ1n) is 9.73. The van der Waals surface area contributed by atoms with E-state index in [1.54, 1.807) is 22.7 Å². The van der Waals surface area contributed by atoms with E-state index in [1.807, 2.05) is 67.7 Å². The van der Waals surface area contributed by atoms with Gasteiger partial charge in [-0.25, -0.2) is 4.99 Å². The molecule has 4 nitrogen and oxygen atoms in total. The van der Waals surface area contributed by atoms with Gasteiger partial charge in [0.05, 0.1) is 22.9 Å². The van der Waals surface area contributed by atoms with Crippen LogP contribution >= 0.6 is 35.1 Å². The zero-order chi connectivity index (χ0) is 21.4. The van der Waals surface area contributed by atoms with Crippen molar-refractivity contribution in [3.05, 3.63) is 99.4 Å².